The van der Waals surface area contributed by atoms with E-state index in [0.29, 0.717) is 0 Å². The lowest BCUT2D eigenvalue weighted by Crippen LogP contribution is -2.46. The van der Waals surface area contributed by atoms with Crippen LogP contribution in [0.4, 0.5) is 0 Å². The first-order valence-corrected chi connectivity index (χ1v) is 15.0. The molecule has 0 aliphatic carbocycles. The molecular formula is C30H64N+. The number of hydrogen-bond acceptors (Lipinski definition) is 0. The molecule has 0 N–H and O–H groups in total. The van der Waals surface area contributed by atoms with Gasteiger partial charge >= 0.3 is 0 Å². The van der Waals surface area contributed by atoms with Crippen molar-refractivity contribution in [2.45, 2.75) is 168 Å². The van der Waals surface area contributed by atoms with Gasteiger partial charge in [0.2, 0.25) is 0 Å². The summed E-state index contributed by atoms with van der Waals surface area (Å²) in [5.41, 5.74) is 0. The van der Waals surface area contributed by atoms with Gasteiger partial charge in [0.1, 0.15) is 0 Å². The van der Waals surface area contributed by atoms with Crippen molar-refractivity contribution in [2.24, 2.45) is 0 Å². The largest absolute Gasteiger partial charge is 0.326 e. The van der Waals surface area contributed by atoms with Crippen LogP contribution in [0.2, 0.25) is 0 Å². The maximum Gasteiger partial charge on any atom is 0.0784 e. The molecule has 0 aliphatic heterocycles. The third kappa shape index (κ3) is 22.9. The molecule has 0 aromatic rings. The molecule has 0 radical (unpaired) electrons. The third-order valence-electron chi connectivity index (χ3n) is 7.40. The maximum atomic E-state index is 2.58. The fourth-order valence-electron chi connectivity index (χ4n) is 5.04. The molecule has 0 amide bonds. The molecule has 0 aromatic carbocycles. The summed E-state index contributed by atoms with van der Waals surface area (Å²) in [6, 6.07) is 0. The highest BCUT2D eigenvalue weighted by molar-refractivity contribution is 4.52. The minimum atomic E-state index is 1.36. The van der Waals surface area contributed by atoms with Gasteiger partial charge in [-0.05, 0) is 38.5 Å². The van der Waals surface area contributed by atoms with Crippen molar-refractivity contribution < 1.29 is 4.48 Å². The van der Waals surface area contributed by atoms with Crippen LogP contribution in [0.25, 0.3) is 0 Å². The van der Waals surface area contributed by atoms with Crippen LogP contribution in [0.5, 0.6) is 0 Å². The Morgan fingerprint density at radius 3 is 0.710 bits per heavy atom. The minimum Gasteiger partial charge on any atom is -0.326 e. The van der Waals surface area contributed by atoms with Gasteiger partial charge in [0.15, 0.2) is 0 Å². The second-order valence-corrected chi connectivity index (χ2v) is 10.9. The van der Waals surface area contributed by atoms with E-state index in [0.717, 1.165) is 0 Å². The molecule has 1 heteroatoms. The Hall–Kier alpha value is -0.0400. The average molecular weight is 439 g/mol. The molecule has 0 bridgehead atoms. The fourth-order valence-corrected chi connectivity index (χ4v) is 5.04. The molecule has 1 nitrogen and oxygen atoms in total. The Balaban J connectivity index is 4.04. The van der Waals surface area contributed by atoms with Gasteiger partial charge in [-0.2, -0.15) is 0 Å². The minimum absolute atomic E-state index is 1.36. The summed E-state index contributed by atoms with van der Waals surface area (Å²) in [6.07, 6.45) is 33.3. The van der Waals surface area contributed by atoms with Gasteiger partial charge in [-0.1, -0.05) is 130 Å². The van der Waals surface area contributed by atoms with Crippen LogP contribution in [0.1, 0.15) is 168 Å². The van der Waals surface area contributed by atoms with Crippen LogP contribution in [-0.4, -0.2) is 31.2 Å². The van der Waals surface area contributed by atoms with E-state index >= 15 is 0 Å². The van der Waals surface area contributed by atoms with Crippen molar-refractivity contribution in [3.05, 3.63) is 0 Å². The highest BCUT2D eigenvalue weighted by Gasteiger charge is 2.20. The van der Waals surface area contributed by atoms with Gasteiger partial charge in [-0.25, -0.2) is 0 Å². The van der Waals surface area contributed by atoms with E-state index in [1.54, 1.807) is 0 Å². The Bertz CT molecular complexity index is 304. The molecule has 0 saturated heterocycles. The molecule has 0 unspecified atom stereocenters. The Kier molecular flexibility index (Phi) is 24.6. The molecule has 0 rings (SSSR count). The highest BCUT2D eigenvalue weighted by Crippen LogP contribution is 2.17. The van der Waals surface area contributed by atoms with Crippen LogP contribution in [0.3, 0.4) is 0 Å². The highest BCUT2D eigenvalue weighted by atomic mass is 15.3. The van der Waals surface area contributed by atoms with Gasteiger partial charge in [0, 0.05) is 0 Å². The van der Waals surface area contributed by atoms with Crippen molar-refractivity contribution in [3.8, 4) is 0 Å². The zero-order valence-electron chi connectivity index (χ0n) is 22.8. The number of quaternary nitrogens is 1. The summed E-state index contributed by atoms with van der Waals surface area (Å²) in [5, 5.41) is 0. The van der Waals surface area contributed by atoms with Crippen molar-refractivity contribution in [2.75, 3.05) is 26.7 Å². The molecule has 188 valence electrons. The summed E-state index contributed by atoms with van der Waals surface area (Å²) >= 11 is 0. The Morgan fingerprint density at radius 2 is 0.484 bits per heavy atom. The first-order valence-electron chi connectivity index (χ1n) is 15.0. The van der Waals surface area contributed by atoms with E-state index in [1.807, 2.05) is 0 Å². The van der Waals surface area contributed by atoms with E-state index in [1.165, 1.54) is 172 Å². The molecular weight excluding hydrogens is 374 g/mol. The van der Waals surface area contributed by atoms with E-state index in [-0.39, 0.29) is 0 Å². The average Bonchev–Trinajstić information content (AvgIpc) is 2.77. The zero-order chi connectivity index (χ0) is 22.9. The molecule has 0 heterocycles. The number of rotatable bonds is 26. The SMILES string of the molecule is CCCCCCCCCC[N+](C)(CCCCCCCCC)CCCCCCCCCC. The van der Waals surface area contributed by atoms with Crippen LogP contribution in [0.15, 0.2) is 0 Å². The Labute approximate surface area is 199 Å². The second-order valence-electron chi connectivity index (χ2n) is 10.9. The molecule has 0 saturated carbocycles. The van der Waals surface area contributed by atoms with Crippen molar-refractivity contribution in [1.82, 2.24) is 0 Å². The number of nitrogens with zero attached hydrogens (tertiary/aromatic N) is 1. The smallest absolute Gasteiger partial charge is 0.0784 e. The number of hydrogen-bond donors (Lipinski definition) is 0. The lowest BCUT2D eigenvalue weighted by atomic mass is 10.1. The van der Waals surface area contributed by atoms with Gasteiger partial charge in [-0.3, -0.25) is 0 Å². The predicted octanol–water partition coefficient (Wildman–Crippen LogP) is 10.5. The van der Waals surface area contributed by atoms with Crippen LogP contribution < -0.4 is 0 Å². The molecule has 31 heavy (non-hydrogen) atoms. The summed E-state index contributed by atoms with van der Waals surface area (Å²) in [6.45, 7) is 11.2. The standard InChI is InChI=1S/C30H64N/c1-5-8-11-14-17-20-23-26-29-31(4,28-25-22-19-16-13-10-7-3)30-27-24-21-18-15-12-9-6-2/h5-30H2,1-4H3/q+1. The normalized spacial score (nSPS) is 12.0. The topological polar surface area (TPSA) is 0 Å². The van der Waals surface area contributed by atoms with Crippen molar-refractivity contribution >= 4 is 0 Å². The molecule has 0 fully saturated rings. The predicted molar refractivity (Wildman–Crippen MR) is 144 cm³/mol. The first kappa shape index (κ1) is 31.0. The maximum absolute atomic E-state index is 2.58. The van der Waals surface area contributed by atoms with E-state index in [9.17, 15) is 0 Å². The van der Waals surface area contributed by atoms with Gasteiger partial charge < -0.3 is 4.48 Å². The molecule has 0 atom stereocenters. The van der Waals surface area contributed by atoms with Gasteiger partial charge in [-0.15, -0.1) is 0 Å². The van der Waals surface area contributed by atoms with E-state index < -0.39 is 0 Å². The lowest BCUT2D eigenvalue weighted by molar-refractivity contribution is -0.910. The summed E-state index contributed by atoms with van der Waals surface area (Å²) < 4.78 is 1.36. The third-order valence-corrected chi connectivity index (χ3v) is 7.40. The monoisotopic (exact) mass is 439 g/mol. The van der Waals surface area contributed by atoms with Crippen LogP contribution >= 0.6 is 0 Å². The summed E-state index contributed by atoms with van der Waals surface area (Å²) in [4.78, 5) is 0. The molecule has 0 aromatic heterocycles. The first-order chi connectivity index (χ1) is 15.2. The summed E-state index contributed by atoms with van der Waals surface area (Å²) in [7, 11) is 2.58. The zero-order valence-corrected chi connectivity index (χ0v) is 22.8. The van der Waals surface area contributed by atoms with Crippen molar-refractivity contribution in [1.29, 1.82) is 0 Å². The molecule has 0 aliphatic rings. The van der Waals surface area contributed by atoms with Crippen molar-refractivity contribution in [3.63, 3.8) is 0 Å². The van der Waals surface area contributed by atoms with Gasteiger partial charge in [0.25, 0.3) is 0 Å². The van der Waals surface area contributed by atoms with E-state index in [4.69, 9.17) is 0 Å². The van der Waals surface area contributed by atoms with Crippen LogP contribution in [-0.2, 0) is 0 Å². The second kappa shape index (κ2) is 24.6. The Morgan fingerprint density at radius 1 is 0.290 bits per heavy atom. The molecule has 0 spiro atoms. The van der Waals surface area contributed by atoms with Gasteiger partial charge in [0.05, 0.1) is 26.7 Å². The number of unbranched alkanes of at least 4 members (excludes halogenated alkanes) is 20. The van der Waals surface area contributed by atoms with E-state index in [2.05, 4.69) is 27.8 Å². The fraction of sp³-hybridized carbons (Fsp3) is 1.00. The quantitative estimate of drug-likeness (QED) is 0.0930. The lowest BCUT2D eigenvalue weighted by Gasteiger charge is -2.35. The summed E-state index contributed by atoms with van der Waals surface area (Å²) in [5.74, 6) is 0. The van der Waals surface area contributed by atoms with Crippen LogP contribution in [0, 0.1) is 0 Å².